The van der Waals surface area contributed by atoms with Crippen LogP contribution in [0.1, 0.15) is 45.9 Å². The van der Waals surface area contributed by atoms with Crippen LogP contribution >= 0.6 is 0 Å². The minimum absolute atomic E-state index is 0.0842. The van der Waals surface area contributed by atoms with Crippen LogP contribution in [-0.4, -0.2) is 46.5 Å². The van der Waals surface area contributed by atoms with Crippen LogP contribution in [0.4, 0.5) is 18.0 Å². The first-order valence-electron chi connectivity index (χ1n) is 13.8. The van der Waals surface area contributed by atoms with Gasteiger partial charge in [-0.15, -0.1) is 0 Å². The van der Waals surface area contributed by atoms with E-state index in [0.717, 1.165) is 30.5 Å². The molecule has 2 aliphatic rings. The lowest BCUT2D eigenvalue weighted by Crippen LogP contribution is -2.42. The molecule has 0 spiro atoms. The van der Waals surface area contributed by atoms with Gasteiger partial charge >= 0.3 is 12.2 Å². The Hall–Kier alpha value is -4.87. The summed E-state index contributed by atoms with van der Waals surface area (Å²) in [6, 6.07) is 12.7. The molecule has 0 radical (unpaired) electrons. The fraction of sp³-hybridized carbons (Fsp3) is 0.290. The van der Waals surface area contributed by atoms with Gasteiger partial charge in [0.15, 0.2) is 0 Å². The van der Waals surface area contributed by atoms with Crippen molar-refractivity contribution in [2.75, 3.05) is 13.7 Å². The predicted octanol–water partition coefficient (Wildman–Crippen LogP) is 5.29. The second kappa shape index (κ2) is 11.1. The third-order valence-electron chi connectivity index (χ3n) is 7.92. The number of fused-ring (bicyclic) bond motifs is 2. The molecule has 0 unspecified atom stereocenters. The van der Waals surface area contributed by atoms with Gasteiger partial charge in [0.1, 0.15) is 5.75 Å². The number of alkyl halides is 3. The monoisotopic (exact) mass is 591 g/mol. The highest BCUT2D eigenvalue weighted by Crippen LogP contribution is 2.39. The minimum Gasteiger partial charge on any atom is -0.497 e. The molecule has 0 bridgehead atoms. The lowest BCUT2D eigenvalue weighted by molar-refractivity contribution is -0.137. The second-order valence-electron chi connectivity index (χ2n) is 10.8. The lowest BCUT2D eigenvalue weighted by Gasteiger charge is -2.25. The summed E-state index contributed by atoms with van der Waals surface area (Å²) in [5, 5.41) is 4.76. The van der Waals surface area contributed by atoms with Crippen molar-refractivity contribution in [3.63, 3.8) is 0 Å². The molecule has 4 aromatic rings. The van der Waals surface area contributed by atoms with Gasteiger partial charge in [0.05, 0.1) is 36.1 Å². The summed E-state index contributed by atoms with van der Waals surface area (Å²) in [6.07, 6.45) is -0.595. The number of carbonyl (C=O) groups excluding carboxylic acids is 3. The molecule has 3 aromatic carbocycles. The lowest BCUT2D eigenvalue weighted by atomic mass is 9.97. The van der Waals surface area contributed by atoms with Crippen LogP contribution in [0.2, 0.25) is 0 Å². The van der Waals surface area contributed by atoms with Crippen LogP contribution in [-0.2, 0) is 24.1 Å². The molecular formula is C31H28F3N5O4. The minimum atomic E-state index is -4.54. The van der Waals surface area contributed by atoms with E-state index in [9.17, 15) is 27.6 Å². The topological polar surface area (TPSA) is 106 Å². The molecule has 9 nitrogen and oxygen atoms in total. The van der Waals surface area contributed by atoms with Gasteiger partial charge in [-0.05, 0) is 59.7 Å². The highest BCUT2D eigenvalue weighted by Gasteiger charge is 2.33. The second-order valence-corrected chi connectivity index (χ2v) is 10.8. The Morgan fingerprint density at radius 1 is 1.12 bits per heavy atom. The van der Waals surface area contributed by atoms with E-state index in [4.69, 9.17) is 4.74 Å². The van der Waals surface area contributed by atoms with Gasteiger partial charge in [0.2, 0.25) is 6.41 Å². The van der Waals surface area contributed by atoms with Gasteiger partial charge in [0, 0.05) is 30.8 Å². The van der Waals surface area contributed by atoms with E-state index in [0.29, 0.717) is 58.0 Å². The van der Waals surface area contributed by atoms with E-state index in [1.165, 1.54) is 7.11 Å². The van der Waals surface area contributed by atoms with E-state index in [1.807, 2.05) is 11.4 Å². The number of halogens is 3. The summed E-state index contributed by atoms with van der Waals surface area (Å²) >= 11 is 0. The first-order chi connectivity index (χ1) is 20.6. The van der Waals surface area contributed by atoms with E-state index in [2.05, 4.69) is 10.3 Å². The maximum Gasteiger partial charge on any atom is 0.416 e. The van der Waals surface area contributed by atoms with Gasteiger partial charge in [0.25, 0.3) is 5.91 Å². The van der Waals surface area contributed by atoms with Gasteiger partial charge in [-0.3, -0.25) is 14.9 Å². The summed E-state index contributed by atoms with van der Waals surface area (Å²) in [7, 11) is 1.51. The highest BCUT2D eigenvalue weighted by atomic mass is 19.4. The molecule has 2 heterocycles. The number of methoxy groups -OCH3 is 1. The van der Waals surface area contributed by atoms with Crippen LogP contribution < -0.4 is 15.4 Å². The number of nitrogens with zero attached hydrogens (tertiary/aromatic N) is 3. The molecule has 12 heteroatoms. The van der Waals surface area contributed by atoms with E-state index < -0.39 is 23.8 Å². The van der Waals surface area contributed by atoms with Gasteiger partial charge in [-0.2, -0.15) is 13.2 Å². The van der Waals surface area contributed by atoms with Crippen LogP contribution in [0.5, 0.6) is 5.75 Å². The number of rotatable bonds is 9. The quantitative estimate of drug-likeness (QED) is 0.257. The Bertz CT molecular complexity index is 1710. The predicted molar refractivity (Wildman–Crippen MR) is 151 cm³/mol. The first-order valence-corrected chi connectivity index (χ1v) is 13.8. The molecule has 0 saturated heterocycles. The summed E-state index contributed by atoms with van der Waals surface area (Å²) in [6.45, 7) is 1.02. The Morgan fingerprint density at radius 2 is 1.88 bits per heavy atom. The van der Waals surface area contributed by atoms with Crippen molar-refractivity contribution in [2.24, 2.45) is 5.92 Å². The summed E-state index contributed by atoms with van der Waals surface area (Å²) in [4.78, 5) is 42.4. The smallest absolute Gasteiger partial charge is 0.416 e. The Morgan fingerprint density at radius 3 is 2.56 bits per heavy atom. The third-order valence-corrected chi connectivity index (χ3v) is 7.92. The average molecular weight is 592 g/mol. The molecule has 43 heavy (non-hydrogen) atoms. The van der Waals surface area contributed by atoms with Crippen molar-refractivity contribution in [3.05, 3.63) is 83.2 Å². The van der Waals surface area contributed by atoms with Crippen LogP contribution in [0, 0.1) is 5.92 Å². The first kappa shape index (κ1) is 28.3. The molecule has 1 fully saturated rings. The number of benzene rings is 3. The van der Waals surface area contributed by atoms with Crippen molar-refractivity contribution >= 4 is 29.4 Å². The molecular weight excluding hydrogens is 563 g/mol. The molecule has 2 N–H and O–H groups in total. The number of imidazole rings is 1. The van der Waals surface area contributed by atoms with E-state index in [-0.39, 0.29) is 18.9 Å². The average Bonchev–Trinajstić information content (AvgIpc) is 3.64. The van der Waals surface area contributed by atoms with E-state index >= 15 is 0 Å². The Kier molecular flexibility index (Phi) is 7.28. The maximum absolute atomic E-state index is 13.9. The highest BCUT2D eigenvalue weighted by molar-refractivity contribution is 5.99. The Balaban J connectivity index is 1.31. The summed E-state index contributed by atoms with van der Waals surface area (Å²) < 4.78 is 48.7. The van der Waals surface area contributed by atoms with Crippen molar-refractivity contribution in [1.82, 2.24) is 25.1 Å². The molecule has 1 aromatic heterocycles. The number of nitrogens with one attached hydrogen (secondary N) is 2. The third kappa shape index (κ3) is 5.77. The van der Waals surface area contributed by atoms with Crippen LogP contribution in [0.25, 0.3) is 22.2 Å². The maximum atomic E-state index is 13.9. The molecule has 1 atom stereocenters. The van der Waals surface area contributed by atoms with Crippen molar-refractivity contribution in [2.45, 2.75) is 38.1 Å². The number of carbonyl (C=O) groups is 3. The number of aromatic nitrogens is 2. The molecule has 1 aliphatic heterocycles. The number of imide groups is 1. The summed E-state index contributed by atoms with van der Waals surface area (Å²) in [5.41, 5.74) is 2.90. The fourth-order valence-electron chi connectivity index (χ4n) is 5.49. The van der Waals surface area contributed by atoms with Crippen molar-refractivity contribution in [3.8, 4) is 16.9 Å². The van der Waals surface area contributed by atoms with Gasteiger partial charge < -0.3 is 19.5 Å². The van der Waals surface area contributed by atoms with Gasteiger partial charge in [-0.1, -0.05) is 30.3 Å². The zero-order valence-electron chi connectivity index (χ0n) is 23.1. The standard InChI is InChI=1S/C31H28F3N5O4/c1-43-23-9-8-21-14-38(29(41)25(21)12-23)15-26(37-30(42)36-17-40)20-6-4-19(5-7-20)24-10-22(31(32,33)34)11-27-28(24)35-16-39(27)13-18-2-3-18/h4-12,16-18,26H,2-3,13-15H2,1H3,(H2,36,37,40,42)/t26-/m0/s1. The Labute approximate surface area is 244 Å². The van der Waals surface area contributed by atoms with Gasteiger partial charge in [-0.25, -0.2) is 9.78 Å². The SMILES string of the molecule is COc1ccc2c(c1)C(=O)N(C[C@H](NC(=O)NC=O)c1ccc(-c3cc(C(F)(F)F)cc4c3ncn4CC3CC3)cc1)C2. The number of hydrogen-bond acceptors (Lipinski definition) is 5. The molecule has 1 saturated carbocycles. The molecule has 6 rings (SSSR count). The number of urea groups is 1. The number of amides is 4. The molecule has 4 amide bonds. The van der Waals surface area contributed by atoms with Crippen LogP contribution in [0.15, 0.2) is 60.9 Å². The molecule has 222 valence electrons. The van der Waals surface area contributed by atoms with Crippen LogP contribution in [0.3, 0.4) is 0 Å². The zero-order chi connectivity index (χ0) is 30.3. The number of hydrogen-bond donors (Lipinski definition) is 2. The largest absolute Gasteiger partial charge is 0.497 e. The normalized spacial score (nSPS) is 15.3. The molecule has 1 aliphatic carbocycles. The fourth-order valence-corrected chi connectivity index (χ4v) is 5.49. The number of ether oxygens (including phenoxy) is 1. The summed E-state index contributed by atoms with van der Waals surface area (Å²) in [5.74, 6) is 0.764. The van der Waals surface area contributed by atoms with Crippen molar-refractivity contribution < 1.29 is 32.3 Å². The van der Waals surface area contributed by atoms with E-state index in [1.54, 1.807) is 52.2 Å². The van der Waals surface area contributed by atoms with Crippen molar-refractivity contribution in [1.29, 1.82) is 0 Å². The zero-order valence-corrected chi connectivity index (χ0v) is 23.1.